The molecule has 2 fully saturated rings. The molecule has 92 valence electrons. The third kappa shape index (κ3) is 1.94. The normalized spacial score (nSPS) is 21.6. The molecule has 5 nitrogen and oxygen atoms in total. The molecule has 0 saturated heterocycles. The number of hydrogen-bond acceptors (Lipinski definition) is 3. The Hall–Kier alpha value is -1.39. The third-order valence-corrected chi connectivity index (χ3v) is 3.81. The van der Waals surface area contributed by atoms with Crippen molar-refractivity contribution in [3.05, 3.63) is 11.4 Å². The van der Waals surface area contributed by atoms with Crippen LogP contribution in [0.1, 0.15) is 73.1 Å². The fraction of sp³-hybridized carbons (Fsp3) is 0.750. The number of carboxylic acid groups (broad SMARTS) is 1. The highest BCUT2D eigenvalue weighted by atomic mass is 16.4. The minimum absolute atomic E-state index is 0.245. The second-order valence-corrected chi connectivity index (χ2v) is 5.14. The van der Waals surface area contributed by atoms with Crippen molar-refractivity contribution >= 4 is 5.97 Å². The largest absolute Gasteiger partial charge is 0.476 e. The van der Waals surface area contributed by atoms with Gasteiger partial charge in [-0.1, -0.05) is 24.5 Å². The molecule has 0 radical (unpaired) electrons. The van der Waals surface area contributed by atoms with Crippen LogP contribution in [0.25, 0.3) is 0 Å². The average molecular weight is 235 g/mol. The lowest BCUT2D eigenvalue weighted by atomic mass is 9.95. The van der Waals surface area contributed by atoms with E-state index in [2.05, 4.69) is 10.3 Å². The Kier molecular flexibility index (Phi) is 2.61. The molecule has 5 heteroatoms. The maximum atomic E-state index is 11.4. The number of hydrogen-bond donors (Lipinski definition) is 1. The molecule has 2 aliphatic carbocycles. The molecule has 2 saturated carbocycles. The van der Waals surface area contributed by atoms with Gasteiger partial charge in [0.05, 0.1) is 6.04 Å². The molecular formula is C12H17N3O2. The van der Waals surface area contributed by atoms with Crippen LogP contribution in [0.3, 0.4) is 0 Å². The van der Waals surface area contributed by atoms with E-state index < -0.39 is 5.97 Å². The topological polar surface area (TPSA) is 68.0 Å². The van der Waals surface area contributed by atoms with Crippen LogP contribution in [-0.2, 0) is 0 Å². The summed E-state index contributed by atoms with van der Waals surface area (Å²) in [6.07, 6.45) is 7.78. The van der Waals surface area contributed by atoms with E-state index in [1.54, 1.807) is 4.68 Å². The summed E-state index contributed by atoms with van der Waals surface area (Å²) in [6.45, 7) is 0. The van der Waals surface area contributed by atoms with E-state index in [0.717, 1.165) is 25.7 Å². The van der Waals surface area contributed by atoms with Gasteiger partial charge in [-0.2, -0.15) is 0 Å². The monoisotopic (exact) mass is 235 g/mol. The van der Waals surface area contributed by atoms with Gasteiger partial charge in [-0.3, -0.25) is 0 Å². The van der Waals surface area contributed by atoms with Gasteiger partial charge in [-0.15, -0.1) is 5.10 Å². The molecule has 0 atom stereocenters. The quantitative estimate of drug-likeness (QED) is 0.873. The maximum Gasteiger partial charge on any atom is 0.356 e. The van der Waals surface area contributed by atoms with Crippen LogP contribution >= 0.6 is 0 Å². The zero-order valence-corrected chi connectivity index (χ0v) is 9.80. The standard InChI is InChI=1S/C12H17N3O2/c16-12(17)11-10(8-6-7-8)13-14-15(11)9-4-2-1-3-5-9/h8-9H,1-7H2,(H,16,17). The van der Waals surface area contributed by atoms with Crippen LogP contribution in [0.4, 0.5) is 0 Å². The van der Waals surface area contributed by atoms with Crippen LogP contribution in [0.5, 0.6) is 0 Å². The summed E-state index contributed by atoms with van der Waals surface area (Å²) in [5.41, 5.74) is 1.06. The molecule has 17 heavy (non-hydrogen) atoms. The van der Waals surface area contributed by atoms with Gasteiger partial charge in [-0.25, -0.2) is 9.48 Å². The number of aromatic carboxylic acids is 1. The summed E-state index contributed by atoms with van der Waals surface area (Å²) in [7, 11) is 0. The highest BCUT2D eigenvalue weighted by Crippen LogP contribution is 2.41. The van der Waals surface area contributed by atoms with Crippen LogP contribution in [0.2, 0.25) is 0 Å². The van der Waals surface area contributed by atoms with E-state index in [0.29, 0.717) is 17.3 Å². The first-order valence-corrected chi connectivity index (χ1v) is 6.45. The second-order valence-electron chi connectivity index (χ2n) is 5.14. The first-order chi connectivity index (χ1) is 8.27. The predicted molar refractivity (Wildman–Crippen MR) is 61.1 cm³/mol. The van der Waals surface area contributed by atoms with Gasteiger partial charge >= 0.3 is 5.97 Å². The van der Waals surface area contributed by atoms with Crippen molar-refractivity contribution in [3.63, 3.8) is 0 Å². The van der Waals surface area contributed by atoms with Gasteiger partial charge in [0.15, 0.2) is 5.69 Å². The Bertz CT molecular complexity index is 431. The van der Waals surface area contributed by atoms with Crippen molar-refractivity contribution in [1.82, 2.24) is 15.0 Å². The minimum atomic E-state index is -0.873. The Balaban J connectivity index is 1.94. The lowest BCUT2D eigenvalue weighted by Crippen LogP contribution is -2.19. The maximum absolute atomic E-state index is 11.4. The zero-order valence-electron chi connectivity index (χ0n) is 9.80. The molecule has 1 aromatic rings. The first kappa shape index (κ1) is 10.7. The molecule has 1 aromatic heterocycles. The van der Waals surface area contributed by atoms with Gasteiger partial charge < -0.3 is 5.11 Å². The molecule has 0 bridgehead atoms. The molecule has 3 rings (SSSR count). The van der Waals surface area contributed by atoms with Crippen molar-refractivity contribution in [3.8, 4) is 0 Å². The van der Waals surface area contributed by atoms with Crippen LogP contribution < -0.4 is 0 Å². The van der Waals surface area contributed by atoms with Gasteiger partial charge in [0, 0.05) is 5.92 Å². The molecule has 1 N–H and O–H groups in total. The van der Waals surface area contributed by atoms with Crippen LogP contribution in [0.15, 0.2) is 0 Å². The van der Waals surface area contributed by atoms with Crippen molar-refractivity contribution in [2.75, 3.05) is 0 Å². The van der Waals surface area contributed by atoms with Crippen molar-refractivity contribution in [1.29, 1.82) is 0 Å². The first-order valence-electron chi connectivity index (χ1n) is 6.45. The van der Waals surface area contributed by atoms with Gasteiger partial charge in [0.1, 0.15) is 5.69 Å². The number of aromatic nitrogens is 3. The highest BCUT2D eigenvalue weighted by molar-refractivity contribution is 5.87. The number of carboxylic acids is 1. The molecule has 1 heterocycles. The Labute approximate surface area is 99.8 Å². The third-order valence-electron chi connectivity index (χ3n) is 3.81. The van der Waals surface area contributed by atoms with Crippen molar-refractivity contribution in [2.45, 2.75) is 56.9 Å². The molecule has 2 aliphatic rings. The van der Waals surface area contributed by atoms with E-state index in [1.807, 2.05) is 0 Å². The lowest BCUT2D eigenvalue weighted by molar-refractivity contribution is 0.0676. The fourth-order valence-corrected chi connectivity index (χ4v) is 2.73. The van der Waals surface area contributed by atoms with Gasteiger partial charge in [-0.05, 0) is 25.7 Å². The Morgan fingerprint density at radius 2 is 1.88 bits per heavy atom. The van der Waals surface area contributed by atoms with E-state index >= 15 is 0 Å². The summed E-state index contributed by atoms with van der Waals surface area (Å²) < 4.78 is 1.68. The molecule has 0 amide bonds. The second kappa shape index (κ2) is 4.13. The SMILES string of the molecule is O=C(O)c1c(C2CC2)nnn1C1CCCCC1. The lowest BCUT2D eigenvalue weighted by Gasteiger charge is -2.22. The van der Waals surface area contributed by atoms with E-state index in [9.17, 15) is 9.90 Å². The van der Waals surface area contributed by atoms with E-state index in [-0.39, 0.29) is 6.04 Å². The average Bonchev–Trinajstić information content (AvgIpc) is 3.08. The Morgan fingerprint density at radius 3 is 2.47 bits per heavy atom. The van der Waals surface area contributed by atoms with E-state index in [1.165, 1.54) is 19.3 Å². The molecule has 0 spiro atoms. The predicted octanol–water partition coefficient (Wildman–Crippen LogP) is 2.36. The van der Waals surface area contributed by atoms with E-state index in [4.69, 9.17) is 0 Å². The van der Waals surface area contributed by atoms with Crippen molar-refractivity contribution < 1.29 is 9.90 Å². The van der Waals surface area contributed by atoms with Gasteiger partial charge in [0.25, 0.3) is 0 Å². The summed E-state index contributed by atoms with van der Waals surface area (Å²) >= 11 is 0. The fourth-order valence-electron chi connectivity index (χ4n) is 2.73. The van der Waals surface area contributed by atoms with Crippen LogP contribution in [-0.4, -0.2) is 26.1 Å². The summed E-state index contributed by atoms with van der Waals surface area (Å²) in [4.78, 5) is 11.4. The smallest absolute Gasteiger partial charge is 0.356 e. The summed E-state index contributed by atoms with van der Waals surface area (Å²) in [5, 5.41) is 17.6. The number of rotatable bonds is 3. The zero-order chi connectivity index (χ0) is 11.8. The molecule has 0 aliphatic heterocycles. The van der Waals surface area contributed by atoms with Gasteiger partial charge in [0.2, 0.25) is 0 Å². The highest BCUT2D eigenvalue weighted by Gasteiger charge is 2.35. The Morgan fingerprint density at radius 1 is 1.18 bits per heavy atom. The molecular weight excluding hydrogens is 218 g/mol. The summed E-state index contributed by atoms with van der Waals surface area (Å²) in [6, 6.07) is 0.245. The molecule has 0 aromatic carbocycles. The molecule has 0 unspecified atom stereocenters. The summed E-state index contributed by atoms with van der Waals surface area (Å²) in [5.74, 6) is -0.527. The van der Waals surface area contributed by atoms with Crippen molar-refractivity contribution in [2.24, 2.45) is 0 Å². The van der Waals surface area contributed by atoms with Crippen LogP contribution in [0, 0.1) is 0 Å². The number of carbonyl (C=O) groups is 1. The minimum Gasteiger partial charge on any atom is -0.476 e. The number of nitrogens with zero attached hydrogens (tertiary/aromatic N) is 3.